The van der Waals surface area contributed by atoms with Crippen molar-refractivity contribution in [2.45, 2.75) is 26.2 Å². The maximum absolute atomic E-state index is 10.6. The van der Waals surface area contributed by atoms with Gasteiger partial charge in [0.15, 0.2) is 11.6 Å². The summed E-state index contributed by atoms with van der Waals surface area (Å²) in [5, 5.41) is 10.6. The van der Waals surface area contributed by atoms with E-state index in [0.29, 0.717) is 17.0 Å². The molecule has 84 valence electrons. The van der Waals surface area contributed by atoms with Gasteiger partial charge in [0, 0.05) is 10.3 Å². The van der Waals surface area contributed by atoms with Crippen molar-refractivity contribution in [3.8, 4) is 0 Å². The number of oxazole rings is 1. The van der Waals surface area contributed by atoms with Crippen LogP contribution < -0.4 is 0 Å². The molecular formula is C11H11N2O3Y+2. The summed E-state index contributed by atoms with van der Waals surface area (Å²) in [6.45, 7) is 5.90. The second kappa shape index (κ2) is 4.82. The number of nitro benzene ring substituents is 1. The second-order valence-electron chi connectivity index (χ2n) is 4.59. The van der Waals surface area contributed by atoms with Gasteiger partial charge in [-0.25, -0.2) is 0 Å². The predicted molar refractivity (Wildman–Crippen MR) is 58.2 cm³/mol. The fraction of sp³-hybridized carbons (Fsp3) is 0.364. The molecule has 0 saturated heterocycles. The first kappa shape index (κ1) is 14.3. The van der Waals surface area contributed by atoms with Crippen LogP contribution in [-0.2, 0) is 38.1 Å². The predicted octanol–water partition coefficient (Wildman–Crippen LogP) is 2.83. The Hall–Kier alpha value is -0.806. The van der Waals surface area contributed by atoms with Crippen molar-refractivity contribution in [3.63, 3.8) is 0 Å². The van der Waals surface area contributed by atoms with Gasteiger partial charge in [-0.2, -0.15) is 0 Å². The van der Waals surface area contributed by atoms with Crippen LogP contribution >= 0.6 is 0 Å². The van der Waals surface area contributed by atoms with Crippen molar-refractivity contribution in [1.29, 1.82) is 0 Å². The van der Waals surface area contributed by atoms with E-state index in [1.807, 2.05) is 20.8 Å². The molecule has 0 unspecified atom stereocenters. The molecule has 0 bridgehead atoms. The Labute approximate surface area is 124 Å². The maximum atomic E-state index is 10.6. The number of nitrogens with zero attached hydrogens (tertiary/aromatic N) is 2. The van der Waals surface area contributed by atoms with Crippen molar-refractivity contribution in [1.82, 2.24) is 4.98 Å². The number of benzene rings is 1. The van der Waals surface area contributed by atoms with E-state index in [4.69, 9.17) is 4.42 Å². The number of fused-ring (bicyclic) bond motifs is 1. The van der Waals surface area contributed by atoms with Crippen molar-refractivity contribution in [2.24, 2.45) is 0 Å². The summed E-state index contributed by atoms with van der Waals surface area (Å²) in [6, 6.07) is 5.38. The van der Waals surface area contributed by atoms with Gasteiger partial charge in [0.1, 0.15) is 0 Å². The van der Waals surface area contributed by atoms with Crippen molar-refractivity contribution in [2.75, 3.05) is 0 Å². The van der Waals surface area contributed by atoms with E-state index in [2.05, 4.69) is 11.1 Å². The normalized spacial score (nSPS) is 11.2. The minimum Gasteiger partial charge on any atom is -0.467 e. The van der Waals surface area contributed by atoms with E-state index in [1.165, 1.54) is 12.1 Å². The van der Waals surface area contributed by atoms with Gasteiger partial charge in [-0.1, -0.05) is 32.9 Å². The van der Waals surface area contributed by atoms with E-state index in [-0.39, 0.29) is 43.8 Å². The number of rotatable bonds is 1. The van der Waals surface area contributed by atoms with E-state index < -0.39 is 4.92 Å². The molecule has 0 aliphatic rings. The molecule has 0 spiro atoms. The summed E-state index contributed by atoms with van der Waals surface area (Å²) in [6.07, 6.45) is 0. The molecule has 0 aliphatic heterocycles. The monoisotopic (exact) mass is 308 g/mol. The van der Waals surface area contributed by atoms with Gasteiger partial charge in [0.2, 0.25) is 0 Å². The van der Waals surface area contributed by atoms with Crippen LogP contribution in [0.4, 0.5) is 5.69 Å². The number of aromatic nitrogens is 1. The quantitative estimate of drug-likeness (QED) is 0.461. The smallest absolute Gasteiger partial charge is 0.467 e. The number of hydrogen-bond donors (Lipinski definition) is 0. The van der Waals surface area contributed by atoms with Crippen LogP contribution in [0, 0.1) is 16.2 Å². The average Bonchev–Trinajstić information content (AvgIpc) is 2.58. The van der Waals surface area contributed by atoms with Crippen LogP contribution in [0.15, 0.2) is 16.5 Å². The van der Waals surface area contributed by atoms with E-state index in [1.54, 1.807) is 0 Å². The van der Waals surface area contributed by atoms with Crippen LogP contribution in [0.25, 0.3) is 11.1 Å². The second-order valence-corrected chi connectivity index (χ2v) is 4.59. The fourth-order valence-corrected chi connectivity index (χ4v) is 1.28. The number of non-ortho nitro benzene ring substituents is 1. The summed E-state index contributed by atoms with van der Waals surface area (Å²) in [7, 11) is 0. The molecule has 2 aromatic rings. The van der Waals surface area contributed by atoms with Crippen LogP contribution in [0.3, 0.4) is 0 Å². The maximum Gasteiger partial charge on any atom is 3.00 e. The first-order chi connectivity index (χ1) is 7.38. The molecule has 0 radical (unpaired) electrons. The Morgan fingerprint density at radius 3 is 2.65 bits per heavy atom. The molecule has 0 aliphatic carbocycles. The van der Waals surface area contributed by atoms with Crippen molar-refractivity contribution < 1.29 is 42.0 Å². The fourth-order valence-electron chi connectivity index (χ4n) is 1.28. The van der Waals surface area contributed by atoms with Gasteiger partial charge in [-0.3, -0.25) is 15.1 Å². The topological polar surface area (TPSA) is 69.2 Å². The Morgan fingerprint density at radius 2 is 2.12 bits per heavy atom. The van der Waals surface area contributed by atoms with Gasteiger partial charge in [-0.15, -0.1) is 6.07 Å². The minimum absolute atomic E-state index is 0. The van der Waals surface area contributed by atoms with E-state index in [9.17, 15) is 10.1 Å². The zero-order valence-electron chi connectivity index (χ0n) is 9.85. The molecule has 1 heterocycles. The molecule has 5 nitrogen and oxygen atoms in total. The number of nitro groups is 1. The molecule has 6 heteroatoms. The largest absolute Gasteiger partial charge is 3.00 e. The van der Waals surface area contributed by atoms with Crippen LogP contribution in [0.5, 0.6) is 0 Å². The third kappa shape index (κ3) is 2.90. The average molecular weight is 308 g/mol. The van der Waals surface area contributed by atoms with Gasteiger partial charge in [0.25, 0.3) is 0 Å². The minimum atomic E-state index is -0.501. The summed E-state index contributed by atoms with van der Waals surface area (Å²) < 4.78 is 5.49. The molecule has 2 rings (SSSR count). The Balaban J connectivity index is 0.00000144. The molecule has 17 heavy (non-hydrogen) atoms. The summed E-state index contributed by atoms with van der Waals surface area (Å²) >= 11 is 0. The zero-order valence-corrected chi connectivity index (χ0v) is 12.7. The molecule has 0 fully saturated rings. The van der Waals surface area contributed by atoms with Crippen LogP contribution in [0.2, 0.25) is 0 Å². The third-order valence-electron chi connectivity index (χ3n) is 2.14. The standard InChI is InChI=1S/C11H11N2O3.Y/c1-11(2,3)10-12-8-5-4-7(13(14)15)6-9(8)16-10;/h5-6H,1-3H3;/q-1;+3. The summed E-state index contributed by atoms with van der Waals surface area (Å²) in [5.41, 5.74) is 0.698. The first-order valence-electron chi connectivity index (χ1n) is 4.85. The van der Waals surface area contributed by atoms with E-state index in [0.717, 1.165) is 0 Å². The molecule has 0 saturated carbocycles. The molecular weight excluding hydrogens is 297 g/mol. The van der Waals surface area contributed by atoms with Crippen molar-refractivity contribution in [3.05, 3.63) is 34.2 Å². The zero-order chi connectivity index (χ0) is 11.9. The van der Waals surface area contributed by atoms with Gasteiger partial charge in [0.05, 0.1) is 5.58 Å². The van der Waals surface area contributed by atoms with Gasteiger partial charge in [-0.05, 0) is 5.52 Å². The molecule has 0 atom stereocenters. The van der Waals surface area contributed by atoms with E-state index >= 15 is 0 Å². The molecule has 0 N–H and O–H groups in total. The third-order valence-corrected chi connectivity index (χ3v) is 2.14. The number of hydrogen-bond acceptors (Lipinski definition) is 4. The van der Waals surface area contributed by atoms with Gasteiger partial charge >= 0.3 is 32.7 Å². The van der Waals surface area contributed by atoms with Crippen molar-refractivity contribution >= 4 is 16.8 Å². The van der Waals surface area contributed by atoms with Crippen LogP contribution in [0.1, 0.15) is 26.7 Å². The molecule has 0 amide bonds. The van der Waals surface area contributed by atoms with Gasteiger partial charge < -0.3 is 4.42 Å². The Kier molecular flexibility index (Phi) is 4.04. The first-order valence-corrected chi connectivity index (χ1v) is 4.85. The molecule has 1 aromatic heterocycles. The van der Waals surface area contributed by atoms with Crippen LogP contribution in [-0.4, -0.2) is 9.91 Å². The Morgan fingerprint density at radius 1 is 1.47 bits per heavy atom. The molecule has 1 aromatic carbocycles. The summed E-state index contributed by atoms with van der Waals surface area (Å²) in [5.74, 6) is 0.566. The SMILES string of the molecule is CC(C)(C)c1nc2c[c-]c([N+](=O)[O-])cc2o1.[Y+3]. The summed E-state index contributed by atoms with van der Waals surface area (Å²) in [4.78, 5) is 14.3. The Bertz CT molecular complexity index is 557.